The lowest BCUT2D eigenvalue weighted by molar-refractivity contribution is 0.0935. The molecule has 0 saturated carbocycles. The summed E-state index contributed by atoms with van der Waals surface area (Å²) in [7, 11) is 0. The van der Waals surface area contributed by atoms with Crippen LogP contribution in [-0.2, 0) is 0 Å². The molecule has 2 aromatic carbocycles. The van der Waals surface area contributed by atoms with Crippen LogP contribution in [0.3, 0.4) is 0 Å². The van der Waals surface area contributed by atoms with Gasteiger partial charge in [-0.05, 0) is 37.3 Å². The predicted molar refractivity (Wildman–Crippen MR) is 109 cm³/mol. The van der Waals surface area contributed by atoms with Crippen molar-refractivity contribution in [2.45, 2.75) is 17.4 Å². The third kappa shape index (κ3) is 6.27. The first-order chi connectivity index (χ1) is 13.2. The zero-order chi connectivity index (χ0) is 20.7. The number of aliphatic imine (C=N–C) groups is 1. The molecule has 1 atom stereocenters. The molecule has 0 bridgehead atoms. The molecule has 1 amide bonds. The topological polar surface area (TPSA) is 89.3 Å². The number of benzene rings is 2. The van der Waals surface area contributed by atoms with E-state index in [-0.39, 0.29) is 17.2 Å². The highest BCUT2D eigenvalue weighted by molar-refractivity contribution is 6.48. The molecule has 0 spiro atoms. The Labute approximate surface area is 176 Å². The third-order valence-electron chi connectivity index (χ3n) is 3.39. The van der Waals surface area contributed by atoms with Crippen molar-refractivity contribution in [1.29, 1.82) is 5.26 Å². The second-order valence-corrected chi connectivity index (χ2v) is 7.86. The van der Waals surface area contributed by atoms with E-state index in [1.165, 1.54) is 31.2 Å². The van der Waals surface area contributed by atoms with Gasteiger partial charge in [-0.25, -0.2) is 9.38 Å². The molecule has 0 saturated heterocycles. The molecule has 0 aliphatic rings. The van der Waals surface area contributed by atoms with E-state index in [1.54, 1.807) is 30.5 Å². The maximum absolute atomic E-state index is 13.9. The Morgan fingerprint density at radius 3 is 2.57 bits per heavy atom. The van der Waals surface area contributed by atoms with E-state index < -0.39 is 22.2 Å². The van der Waals surface area contributed by atoms with Crippen LogP contribution in [0.5, 0.6) is 0 Å². The number of rotatable bonds is 5. The molecule has 0 aliphatic carbocycles. The second-order valence-electron chi connectivity index (χ2n) is 5.66. The summed E-state index contributed by atoms with van der Waals surface area (Å²) in [5, 5.41) is 16.8. The van der Waals surface area contributed by atoms with Gasteiger partial charge in [-0.1, -0.05) is 53.0 Å². The van der Waals surface area contributed by atoms with Crippen LogP contribution in [0, 0.1) is 17.3 Å². The number of halogens is 4. The first-order valence-corrected chi connectivity index (χ1v) is 9.03. The largest absolute Gasteiger partial charge is 0.328 e. The van der Waals surface area contributed by atoms with Gasteiger partial charge >= 0.3 is 0 Å². The molecule has 3 N–H and O–H groups in total. The fourth-order valence-corrected chi connectivity index (χ4v) is 2.47. The van der Waals surface area contributed by atoms with Crippen LogP contribution in [0.2, 0.25) is 5.02 Å². The van der Waals surface area contributed by atoms with E-state index in [2.05, 4.69) is 20.9 Å². The molecule has 0 aliphatic heterocycles. The van der Waals surface area contributed by atoms with E-state index in [0.29, 0.717) is 5.02 Å². The van der Waals surface area contributed by atoms with Crippen molar-refractivity contribution in [3.8, 4) is 6.19 Å². The highest BCUT2D eigenvalue weighted by Gasteiger charge is 2.32. The lowest BCUT2D eigenvalue weighted by Crippen LogP contribution is -2.46. The molecular formula is C18H15Cl3FN5O. The first kappa shape index (κ1) is 21.8. The SMILES string of the molecule is CC(Cl)(Cl)C(/N=C(/NC#N)Nc1ccccc1F)NC(=O)c1cccc(Cl)c1. The van der Waals surface area contributed by atoms with Gasteiger partial charge in [0.15, 0.2) is 16.7 Å². The van der Waals surface area contributed by atoms with Crippen LogP contribution in [0.25, 0.3) is 0 Å². The molecule has 0 fully saturated rings. The van der Waals surface area contributed by atoms with E-state index in [9.17, 15) is 9.18 Å². The summed E-state index contributed by atoms with van der Waals surface area (Å²) in [6.07, 6.45) is 0.492. The number of carbonyl (C=O) groups excluding carboxylic acids is 1. The Morgan fingerprint density at radius 2 is 1.96 bits per heavy atom. The van der Waals surface area contributed by atoms with Gasteiger partial charge in [0.1, 0.15) is 5.82 Å². The molecule has 0 aromatic heterocycles. The van der Waals surface area contributed by atoms with Crippen molar-refractivity contribution in [1.82, 2.24) is 10.6 Å². The van der Waals surface area contributed by atoms with E-state index in [0.717, 1.165) is 0 Å². The van der Waals surface area contributed by atoms with Crippen LogP contribution in [-0.4, -0.2) is 22.4 Å². The van der Waals surface area contributed by atoms with Gasteiger partial charge in [-0.3, -0.25) is 10.1 Å². The Hall–Kier alpha value is -2.53. The molecular weight excluding hydrogens is 428 g/mol. The lowest BCUT2D eigenvalue weighted by Gasteiger charge is -2.25. The van der Waals surface area contributed by atoms with Gasteiger partial charge in [0.2, 0.25) is 5.96 Å². The Bertz CT molecular complexity index is 924. The Kier molecular flexibility index (Phi) is 7.46. The third-order valence-corrected chi connectivity index (χ3v) is 4.04. The average molecular weight is 443 g/mol. The minimum Gasteiger partial charge on any atom is -0.328 e. The number of nitrogens with one attached hydrogen (secondary N) is 3. The number of carbonyl (C=O) groups is 1. The van der Waals surface area contributed by atoms with Gasteiger partial charge in [0.05, 0.1) is 5.69 Å². The molecule has 2 aromatic rings. The van der Waals surface area contributed by atoms with E-state index >= 15 is 0 Å². The fourth-order valence-electron chi connectivity index (χ4n) is 2.08. The first-order valence-electron chi connectivity index (χ1n) is 7.89. The molecule has 28 heavy (non-hydrogen) atoms. The summed E-state index contributed by atoms with van der Waals surface area (Å²) in [5.74, 6) is -1.25. The molecule has 0 radical (unpaired) electrons. The maximum atomic E-state index is 13.9. The number of anilines is 1. The standard InChI is InChI=1S/C18H15Cl3FN5O/c1-18(20,21)16(26-15(28)11-5-4-6-12(19)9-11)27-17(24-10-23)25-14-8-3-2-7-13(14)22/h2-9,16H,1H3,(H,26,28)(H2,24,25,27). The monoisotopic (exact) mass is 441 g/mol. The number of amides is 1. The summed E-state index contributed by atoms with van der Waals surface area (Å²) in [5.41, 5.74) is 0.330. The summed E-state index contributed by atoms with van der Waals surface area (Å²) in [6.45, 7) is 1.41. The minimum atomic E-state index is -1.55. The van der Waals surface area contributed by atoms with E-state index in [1.807, 2.05) is 0 Å². The van der Waals surface area contributed by atoms with Crippen molar-refractivity contribution in [2.24, 2.45) is 4.99 Å². The van der Waals surface area contributed by atoms with Crippen LogP contribution in [0.15, 0.2) is 53.5 Å². The van der Waals surface area contributed by atoms with Gasteiger partial charge < -0.3 is 10.6 Å². The number of hydrogen-bond donors (Lipinski definition) is 3. The smallest absolute Gasteiger partial charge is 0.253 e. The van der Waals surface area contributed by atoms with Crippen molar-refractivity contribution in [3.05, 3.63) is 64.9 Å². The summed E-state index contributed by atoms with van der Waals surface area (Å²) in [6, 6.07) is 12.0. The van der Waals surface area contributed by atoms with Gasteiger partial charge in [0.25, 0.3) is 5.91 Å². The van der Waals surface area contributed by atoms with Crippen molar-refractivity contribution in [3.63, 3.8) is 0 Å². The number of guanidine groups is 1. The van der Waals surface area contributed by atoms with Crippen LogP contribution in [0.4, 0.5) is 10.1 Å². The molecule has 2 rings (SSSR count). The molecule has 1 unspecified atom stereocenters. The summed E-state index contributed by atoms with van der Waals surface area (Å²) in [4.78, 5) is 16.6. The van der Waals surface area contributed by atoms with Crippen LogP contribution < -0.4 is 16.0 Å². The Balaban J connectivity index is 2.30. The van der Waals surface area contributed by atoms with Gasteiger partial charge in [0, 0.05) is 10.6 Å². The molecule has 10 heteroatoms. The second kappa shape index (κ2) is 9.60. The quantitative estimate of drug-likeness (QED) is 0.212. The van der Waals surface area contributed by atoms with Gasteiger partial charge in [-0.2, -0.15) is 5.26 Å². The van der Waals surface area contributed by atoms with Crippen LogP contribution in [0.1, 0.15) is 17.3 Å². The number of nitriles is 1. The number of nitrogens with zero attached hydrogens (tertiary/aromatic N) is 2. The summed E-state index contributed by atoms with van der Waals surface area (Å²) >= 11 is 18.2. The van der Waals surface area contributed by atoms with Crippen molar-refractivity contribution in [2.75, 3.05) is 5.32 Å². The summed E-state index contributed by atoms with van der Waals surface area (Å²) < 4.78 is 12.3. The van der Waals surface area contributed by atoms with E-state index in [4.69, 9.17) is 40.1 Å². The molecule has 146 valence electrons. The fraction of sp³-hybridized carbons (Fsp3) is 0.167. The number of para-hydroxylation sites is 1. The molecule has 6 nitrogen and oxygen atoms in total. The predicted octanol–water partition coefficient (Wildman–Crippen LogP) is 4.27. The van der Waals surface area contributed by atoms with Crippen molar-refractivity contribution < 1.29 is 9.18 Å². The van der Waals surface area contributed by atoms with Crippen LogP contribution >= 0.6 is 34.8 Å². The highest BCUT2D eigenvalue weighted by atomic mass is 35.5. The molecule has 0 heterocycles. The maximum Gasteiger partial charge on any atom is 0.253 e. The Morgan fingerprint density at radius 1 is 1.25 bits per heavy atom. The zero-order valence-corrected chi connectivity index (χ0v) is 16.8. The minimum absolute atomic E-state index is 0.0646. The highest BCUT2D eigenvalue weighted by Crippen LogP contribution is 2.26. The van der Waals surface area contributed by atoms with Gasteiger partial charge in [-0.15, -0.1) is 0 Å². The normalized spacial score (nSPS) is 12.6. The average Bonchev–Trinajstić information content (AvgIpc) is 2.62. The lowest BCUT2D eigenvalue weighted by atomic mass is 10.2. The number of hydrogen-bond acceptors (Lipinski definition) is 3. The zero-order valence-electron chi connectivity index (χ0n) is 14.5. The number of alkyl halides is 2. The van der Waals surface area contributed by atoms with Crippen molar-refractivity contribution >= 4 is 52.4 Å².